The lowest BCUT2D eigenvalue weighted by Gasteiger charge is -2.17. The van der Waals surface area contributed by atoms with Crippen LogP contribution >= 0.6 is 15.9 Å². The Morgan fingerprint density at radius 1 is 1.16 bits per heavy atom. The molecule has 2 N–H and O–H groups in total. The van der Waals surface area contributed by atoms with Gasteiger partial charge in [0.1, 0.15) is 11.8 Å². The van der Waals surface area contributed by atoms with Gasteiger partial charge in [-0.3, -0.25) is 4.79 Å². The first-order valence-electron chi connectivity index (χ1n) is 10.2. The highest BCUT2D eigenvalue weighted by molar-refractivity contribution is 9.10. The predicted molar refractivity (Wildman–Crippen MR) is 122 cm³/mol. The quantitative estimate of drug-likeness (QED) is 0.461. The molecule has 9 heteroatoms. The number of carbonyl (C=O) groups excluding carboxylic acids is 1. The number of methoxy groups -OCH3 is 1. The number of ether oxygens (including phenoxy) is 1. The zero-order valence-corrected chi connectivity index (χ0v) is 18.5. The number of anilines is 1. The molecule has 2 aromatic carbocycles. The average molecular weight is 481 g/mol. The summed E-state index contributed by atoms with van der Waals surface area (Å²) in [7, 11) is 1.63. The fourth-order valence-corrected chi connectivity index (χ4v) is 4.33. The summed E-state index contributed by atoms with van der Waals surface area (Å²) in [5, 5.41) is 11.9. The first-order valence-corrected chi connectivity index (χ1v) is 11.0. The lowest BCUT2D eigenvalue weighted by molar-refractivity contribution is -0.121. The van der Waals surface area contributed by atoms with Crippen LogP contribution in [0, 0.1) is 0 Å². The van der Waals surface area contributed by atoms with Crippen molar-refractivity contribution in [3.63, 3.8) is 0 Å². The van der Waals surface area contributed by atoms with Crippen molar-refractivity contribution in [3.05, 3.63) is 46.9 Å². The predicted octanol–water partition coefficient (Wildman–Crippen LogP) is 3.80. The minimum absolute atomic E-state index is 0.0164. The maximum absolute atomic E-state index is 12.5. The third-order valence-electron chi connectivity index (χ3n) is 5.44. The molecule has 4 aromatic rings. The number of hydrogen-bond acceptors (Lipinski definition) is 6. The molecule has 0 aliphatic carbocycles. The Balaban J connectivity index is 1.66. The van der Waals surface area contributed by atoms with Gasteiger partial charge in [0.05, 0.1) is 18.0 Å². The van der Waals surface area contributed by atoms with Crippen LogP contribution in [0.2, 0.25) is 0 Å². The summed E-state index contributed by atoms with van der Waals surface area (Å²) in [4.78, 5) is 22.1. The summed E-state index contributed by atoms with van der Waals surface area (Å²) in [6, 6.07) is 13.0. The maximum atomic E-state index is 12.5. The SMILES string of the molecule is COc1ccc(-c2nc3c4c(Br)cccc4nc(N[C@@H]4CCCCNC4=O)n3n2)cc1. The van der Waals surface area contributed by atoms with Gasteiger partial charge in [0.15, 0.2) is 11.5 Å². The number of amides is 1. The molecule has 1 aliphatic heterocycles. The molecule has 2 aromatic heterocycles. The molecular formula is C22H21BrN6O2. The van der Waals surface area contributed by atoms with E-state index < -0.39 is 0 Å². The second-order valence-electron chi connectivity index (χ2n) is 7.45. The van der Waals surface area contributed by atoms with Gasteiger partial charge in [-0.2, -0.15) is 4.52 Å². The molecule has 158 valence electrons. The van der Waals surface area contributed by atoms with E-state index >= 15 is 0 Å². The van der Waals surface area contributed by atoms with E-state index in [0.29, 0.717) is 24.0 Å². The molecule has 1 aliphatic rings. The van der Waals surface area contributed by atoms with Gasteiger partial charge in [0.2, 0.25) is 11.9 Å². The van der Waals surface area contributed by atoms with E-state index in [4.69, 9.17) is 19.8 Å². The van der Waals surface area contributed by atoms with Crippen LogP contribution < -0.4 is 15.4 Å². The smallest absolute Gasteiger partial charge is 0.242 e. The highest BCUT2D eigenvalue weighted by atomic mass is 79.9. The second-order valence-corrected chi connectivity index (χ2v) is 8.31. The van der Waals surface area contributed by atoms with Crippen LogP contribution in [-0.4, -0.2) is 45.2 Å². The Kier molecular flexibility index (Phi) is 5.19. The van der Waals surface area contributed by atoms with E-state index in [-0.39, 0.29) is 11.9 Å². The fraction of sp³-hybridized carbons (Fsp3) is 0.273. The van der Waals surface area contributed by atoms with Crippen molar-refractivity contribution in [1.82, 2.24) is 24.9 Å². The van der Waals surface area contributed by atoms with Crippen molar-refractivity contribution in [2.75, 3.05) is 19.0 Å². The zero-order valence-electron chi connectivity index (χ0n) is 16.9. The number of benzene rings is 2. The van der Waals surface area contributed by atoms with Crippen molar-refractivity contribution in [3.8, 4) is 17.1 Å². The summed E-state index contributed by atoms with van der Waals surface area (Å²) < 4.78 is 7.82. The third-order valence-corrected chi connectivity index (χ3v) is 6.10. The largest absolute Gasteiger partial charge is 0.497 e. The molecule has 1 fully saturated rings. The maximum Gasteiger partial charge on any atom is 0.242 e. The molecule has 31 heavy (non-hydrogen) atoms. The van der Waals surface area contributed by atoms with Crippen molar-refractivity contribution in [2.45, 2.75) is 25.3 Å². The van der Waals surface area contributed by atoms with Gasteiger partial charge in [-0.15, -0.1) is 5.10 Å². The van der Waals surface area contributed by atoms with Crippen LogP contribution in [0.25, 0.3) is 27.9 Å². The number of nitrogens with zero attached hydrogens (tertiary/aromatic N) is 4. The third kappa shape index (κ3) is 3.69. The molecule has 0 saturated carbocycles. The Bertz CT molecular complexity index is 1270. The minimum Gasteiger partial charge on any atom is -0.497 e. The average Bonchev–Trinajstić information content (AvgIpc) is 3.13. The first kappa shape index (κ1) is 19.7. The molecule has 1 amide bonds. The van der Waals surface area contributed by atoms with Gasteiger partial charge in [0, 0.05) is 16.6 Å². The molecule has 8 nitrogen and oxygen atoms in total. The number of nitrogens with one attached hydrogen (secondary N) is 2. The van der Waals surface area contributed by atoms with Gasteiger partial charge in [0.25, 0.3) is 0 Å². The van der Waals surface area contributed by atoms with Gasteiger partial charge in [-0.25, -0.2) is 9.97 Å². The molecule has 0 spiro atoms. The molecule has 1 saturated heterocycles. The number of hydrogen-bond donors (Lipinski definition) is 2. The van der Waals surface area contributed by atoms with Crippen LogP contribution in [0.4, 0.5) is 5.95 Å². The highest BCUT2D eigenvalue weighted by Crippen LogP contribution is 2.30. The Hall–Kier alpha value is -3.20. The highest BCUT2D eigenvalue weighted by Gasteiger charge is 2.24. The number of halogens is 1. The monoisotopic (exact) mass is 480 g/mol. The normalized spacial score (nSPS) is 16.8. The van der Waals surface area contributed by atoms with Crippen LogP contribution in [0.3, 0.4) is 0 Å². The number of fused-ring (bicyclic) bond motifs is 3. The molecule has 0 unspecified atom stereocenters. The number of carbonyl (C=O) groups is 1. The van der Waals surface area contributed by atoms with Crippen molar-refractivity contribution >= 4 is 44.3 Å². The van der Waals surface area contributed by atoms with Crippen molar-refractivity contribution < 1.29 is 9.53 Å². The molecule has 0 bridgehead atoms. The zero-order chi connectivity index (χ0) is 21.4. The van der Waals surface area contributed by atoms with Crippen LogP contribution in [0.5, 0.6) is 5.75 Å². The Morgan fingerprint density at radius 3 is 2.81 bits per heavy atom. The van der Waals surface area contributed by atoms with Gasteiger partial charge in [-0.05, 0) is 71.6 Å². The van der Waals surface area contributed by atoms with E-state index in [1.165, 1.54) is 0 Å². The number of aromatic nitrogens is 4. The standard InChI is InChI=1S/C22H21BrN6O2/c1-31-14-10-8-13(9-11-14)19-27-20-18-15(23)5-4-7-16(18)25-22(29(20)28-19)26-17-6-2-3-12-24-21(17)30/h4-5,7-11,17H,2-3,6,12H2,1H3,(H,24,30)(H,25,26)/t17-/m1/s1. The van der Waals surface area contributed by atoms with Crippen LogP contribution in [0.15, 0.2) is 46.9 Å². The van der Waals surface area contributed by atoms with Crippen LogP contribution in [-0.2, 0) is 4.79 Å². The number of rotatable bonds is 4. The Labute approximate surface area is 187 Å². The summed E-state index contributed by atoms with van der Waals surface area (Å²) in [5.74, 6) is 1.82. The second kappa shape index (κ2) is 8.14. The van der Waals surface area contributed by atoms with E-state index in [0.717, 1.165) is 46.0 Å². The van der Waals surface area contributed by atoms with Gasteiger partial charge >= 0.3 is 0 Å². The van der Waals surface area contributed by atoms with E-state index in [1.54, 1.807) is 11.6 Å². The molecule has 5 rings (SSSR count). The fourth-order valence-electron chi connectivity index (χ4n) is 3.80. The van der Waals surface area contributed by atoms with Gasteiger partial charge < -0.3 is 15.4 Å². The molecule has 3 heterocycles. The summed E-state index contributed by atoms with van der Waals surface area (Å²) in [5.41, 5.74) is 2.30. The summed E-state index contributed by atoms with van der Waals surface area (Å²) >= 11 is 3.62. The minimum atomic E-state index is -0.364. The lowest BCUT2D eigenvalue weighted by Crippen LogP contribution is -2.38. The summed E-state index contributed by atoms with van der Waals surface area (Å²) in [6.07, 6.45) is 2.68. The lowest BCUT2D eigenvalue weighted by atomic mass is 10.1. The van der Waals surface area contributed by atoms with E-state index in [1.807, 2.05) is 42.5 Å². The Morgan fingerprint density at radius 2 is 2.00 bits per heavy atom. The van der Waals surface area contributed by atoms with E-state index in [9.17, 15) is 4.79 Å². The van der Waals surface area contributed by atoms with Crippen LogP contribution in [0.1, 0.15) is 19.3 Å². The topological polar surface area (TPSA) is 93.4 Å². The molecule has 1 atom stereocenters. The first-order chi connectivity index (χ1) is 15.1. The van der Waals surface area contributed by atoms with Gasteiger partial charge in [-0.1, -0.05) is 6.07 Å². The van der Waals surface area contributed by atoms with Crippen molar-refractivity contribution in [2.24, 2.45) is 0 Å². The molecular weight excluding hydrogens is 460 g/mol. The molecule has 0 radical (unpaired) electrons. The van der Waals surface area contributed by atoms with E-state index in [2.05, 4.69) is 26.6 Å². The summed E-state index contributed by atoms with van der Waals surface area (Å²) in [6.45, 7) is 0.704. The van der Waals surface area contributed by atoms with Crippen molar-refractivity contribution in [1.29, 1.82) is 0 Å².